The van der Waals surface area contributed by atoms with Crippen molar-refractivity contribution in [1.29, 1.82) is 5.26 Å². The van der Waals surface area contributed by atoms with E-state index in [4.69, 9.17) is 16.1 Å². The molecule has 0 radical (unpaired) electrons. The standard InChI is InChI=1S/C14H10FN3O5/c1-23-14(22)12-11(17)6(4-16)5-18(12)9-2-7(13(20)21)8(15)3-10(9)19/h2-3,5,19H,17H2,1H3,(H,20,21). The molecule has 8 nitrogen and oxygen atoms in total. The Morgan fingerprint density at radius 2 is 2.09 bits per heavy atom. The van der Waals surface area contributed by atoms with Crippen molar-refractivity contribution in [3.8, 4) is 17.5 Å². The van der Waals surface area contributed by atoms with Crippen LogP contribution in [0.5, 0.6) is 5.75 Å². The lowest BCUT2D eigenvalue weighted by molar-refractivity contribution is 0.0592. The van der Waals surface area contributed by atoms with E-state index in [1.165, 1.54) is 0 Å². The summed E-state index contributed by atoms with van der Waals surface area (Å²) in [7, 11) is 1.08. The number of carboxylic acid groups (broad SMARTS) is 1. The number of carboxylic acids is 1. The molecule has 9 heteroatoms. The Kier molecular flexibility index (Phi) is 3.92. The van der Waals surface area contributed by atoms with Crippen molar-refractivity contribution in [2.24, 2.45) is 0 Å². The Labute approximate surface area is 128 Å². The summed E-state index contributed by atoms with van der Waals surface area (Å²) < 4.78 is 19.1. The minimum atomic E-state index is -1.57. The summed E-state index contributed by atoms with van der Waals surface area (Å²) in [5, 5.41) is 27.8. The molecule has 0 bridgehead atoms. The summed E-state index contributed by atoms with van der Waals surface area (Å²) in [5.74, 6) is -4.27. The van der Waals surface area contributed by atoms with Gasteiger partial charge >= 0.3 is 11.9 Å². The largest absolute Gasteiger partial charge is 0.506 e. The van der Waals surface area contributed by atoms with E-state index in [2.05, 4.69) is 4.74 Å². The van der Waals surface area contributed by atoms with Crippen LogP contribution in [0.1, 0.15) is 26.4 Å². The molecule has 2 aromatic rings. The van der Waals surface area contributed by atoms with Crippen molar-refractivity contribution in [3.63, 3.8) is 0 Å². The van der Waals surface area contributed by atoms with Crippen LogP contribution < -0.4 is 5.73 Å². The highest BCUT2D eigenvalue weighted by Gasteiger charge is 2.24. The third-order valence-corrected chi connectivity index (χ3v) is 3.10. The van der Waals surface area contributed by atoms with Gasteiger partial charge in [0.05, 0.1) is 29.6 Å². The molecular weight excluding hydrogens is 309 g/mol. The van der Waals surface area contributed by atoms with Crippen LogP contribution in [0.4, 0.5) is 10.1 Å². The van der Waals surface area contributed by atoms with Gasteiger partial charge in [0.15, 0.2) is 5.69 Å². The van der Waals surface area contributed by atoms with Crippen molar-refractivity contribution in [1.82, 2.24) is 4.57 Å². The Hall–Kier alpha value is -3.54. The predicted octanol–water partition coefficient (Wildman–Crippen LogP) is 1.26. The minimum Gasteiger partial charge on any atom is -0.506 e. The zero-order chi connectivity index (χ0) is 17.3. The van der Waals surface area contributed by atoms with E-state index in [1.807, 2.05) is 0 Å². The van der Waals surface area contributed by atoms with Gasteiger partial charge in [-0.05, 0) is 6.07 Å². The van der Waals surface area contributed by atoms with Crippen LogP contribution in [0, 0.1) is 17.1 Å². The fraction of sp³-hybridized carbons (Fsp3) is 0.0714. The van der Waals surface area contributed by atoms with E-state index in [-0.39, 0.29) is 22.6 Å². The predicted molar refractivity (Wildman–Crippen MR) is 74.8 cm³/mol. The average molecular weight is 319 g/mol. The Bertz CT molecular complexity index is 866. The number of nitriles is 1. The number of aromatic hydroxyl groups is 1. The van der Waals surface area contributed by atoms with E-state index in [0.717, 1.165) is 23.9 Å². The van der Waals surface area contributed by atoms with Gasteiger partial charge in [-0.3, -0.25) is 0 Å². The molecule has 0 saturated carbocycles. The first-order valence-corrected chi connectivity index (χ1v) is 6.07. The molecule has 23 heavy (non-hydrogen) atoms. The number of phenolic OH excluding ortho intramolecular Hbond substituents is 1. The van der Waals surface area contributed by atoms with Crippen molar-refractivity contribution in [3.05, 3.63) is 41.0 Å². The van der Waals surface area contributed by atoms with Crippen LogP contribution in [0.2, 0.25) is 0 Å². The van der Waals surface area contributed by atoms with Crippen LogP contribution in [0.3, 0.4) is 0 Å². The number of benzene rings is 1. The molecule has 0 aliphatic rings. The number of ether oxygens (including phenoxy) is 1. The van der Waals surface area contributed by atoms with Crippen molar-refractivity contribution < 1.29 is 28.9 Å². The van der Waals surface area contributed by atoms with Crippen molar-refractivity contribution in [2.45, 2.75) is 0 Å². The lowest BCUT2D eigenvalue weighted by Gasteiger charge is -2.11. The van der Waals surface area contributed by atoms with Crippen LogP contribution in [-0.2, 0) is 4.74 Å². The smallest absolute Gasteiger partial charge is 0.357 e. The normalized spacial score (nSPS) is 10.1. The average Bonchev–Trinajstić information content (AvgIpc) is 2.82. The van der Waals surface area contributed by atoms with Crippen LogP contribution in [-0.4, -0.2) is 33.8 Å². The summed E-state index contributed by atoms with van der Waals surface area (Å²) in [5.41, 5.74) is 4.14. The molecule has 0 aliphatic heterocycles. The maximum Gasteiger partial charge on any atom is 0.357 e. The molecule has 0 amide bonds. The third kappa shape index (κ3) is 2.53. The van der Waals surface area contributed by atoms with Crippen molar-refractivity contribution >= 4 is 17.6 Å². The maximum absolute atomic E-state index is 13.6. The molecule has 0 unspecified atom stereocenters. The number of methoxy groups -OCH3 is 1. The fourth-order valence-corrected chi connectivity index (χ4v) is 2.01. The van der Waals surface area contributed by atoms with Gasteiger partial charge < -0.3 is 25.3 Å². The van der Waals surface area contributed by atoms with Gasteiger partial charge in [-0.2, -0.15) is 5.26 Å². The molecule has 0 atom stereocenters. The number of rotatable bonds is 3. The molecule has 0 spiro atoms. The van der Waals surface area contributed by atoms with E-state index in [1.54, 1.807) is 6.07 Å². The Morgan fingerprint density at radius 3 is 2.61 bits per heavy atom. The molecule has 0 aliphatic carbocycles. The van der Waals surface area contributed by atoms with Gasteiger partial charge in [-0.25, -0.2) is 14.0 Å². The monoisotopic (exact) mass is 319 g/mol. The number of anilines is 1. The summed E-state index contributed by atoms with van der Waals surface area (Å²) in [6, 6.07) is 3.15. The number of nitrogens with two attached hydrogens (primary N) is 1. The number of hydrogen-bond donors (Lipinski definition) is 3. The Morgan fingerprint density at radius 1 is 1.43 bits per heavy atom. The van der Waals surface area contributed by atoms with E-state index < -0.39 is 29.1 Å². The molecule has 1 aromatic carbocycles. The highest BCUT2D eigenvalue weighted by Crippen LogP contribution is 2.31. The van der Waals surface area contributed by atoms with Gasteiger partial charge in [0.1, 0.15) is 17.6 Å². The summed E-state index contributed by atoms with van der Waals surface area (Å²) in [4.78, 5) is 22.9. The maximum atomic E-state index is 13.6. The SMILES string of the molecule is COC(=O)c1c(N)c(C#N)cn1-c1cc(C(=O)O)c(F)cc1O. The number of esters is 1. The summed E-state index contributed by atoms with van der Waals surface area (Å²) in [6.45, 7) is 0. The Balaban J connectivity index is 2.82. The number of hydrogen-bond acceptors (Lipinski definition) is 6. The molecule has 118 valence electrons. The topological polar surface area (TPSA) is 139 Å². The summed E-state index contributed by atoms with van der Waals surface area (Å²) in [6.07, 6.45) is 1.11. The molecule has 0 saturated heterocycles. The van der Waals surface area contributed by atoms with E-state index in [9.17, 15) is 19.1 Å². The van der Waals surface area contributed by atoms with Crippen LogP contribution in [0.15, 0.2) is 18.3 Å². The first kappa shape index (κ1) is 15.8. The lowest BCUT2D eigenvalue weighted by Crippen LogP contribution is -2.12. The van der Waals surface area contributed by atoms with Crippen molar-refractivity contribution in [2.75, 3.05) is 12.8 Å². The zero-order valence-corrected chi connectivity index (χ0v) is 11.7. The molecule has 4 N–H and O–H groups in total. The second kappa shape index (κ2) is 5.69. The van der Waals surface area contributed by atoms with Crippen LogP contribution >= 0.6 is 0 Å². The molecule has 2 rings (SSSR count). The minimum absolute atomic E-state index is 0.0917. The van der Waals surface area contributed by atoms with Crippen LogP contribution in [0.25, 0.3) is 5.69 Å². The first-order chi connectivity index (χ1) is 10.8. The molecular formula is C14H10FN3O5. The third-order valence-electron chi connectivity index (χ3n) is 3.10. The number of halogens is 1. The van der Waals surface area contributed by atoms with Gasteiger partial charge in [0.2, 0.25) is 0 Å². The zero-order valence-electron chi connectivity index (χ0n) is 11.7. The number of aromatic carboxylic acids is 1. The number of carbonyl (C=O) groups excluding carboxylic acids is 1. The first-order valence-electron chi connectivity index (χ1n) is 6.07. The van der Waals surface area contributed by atoms with E-state index >= 15 is 0 Å². The van der Waals surface area contributed by atoms with Gasteiger partial charge in [0.25, 0.3) is 0 Å². The number of phenols is 1. The molecule has 0 fully saturated rings. The number of nitrogen functional groups attached to an aromatic ring is 1. The second-order valence-corrected chi connectivity index (χ2v) is 4.40. The van der Waals surface area contributed by atoms with E-state index in [0.29, 0.717) is 6.07 Å². The fourth-order valence-electron chi connectivity index (χ4n) is 2.01. The summed E-state index contributed by atoms with van der Waals surface area (Å²) >= 11 is 0. The highest BCUT2D eigenvalue weighted by molar-refractivity contribution is 5.96. The number of aromatic nitrogens is 1. The molecule has 1 aromatic heterocycles. The number of nitrogens with zero attached hydrogens (tertiary/aromatic N) is 2. The highest BCUT2D eigenvalue weighted by atomic mass is 19.1. The quantitative estimate of drug-likeness (QED) is 0.724. The van der Waals surface area contributed by atoms with Gasteiger partial charge in [0, 0.05) is 12.3 Å². The number of carbonyl (C=O) groups is 2. The van der Waals surface area contributed by atoms with Gasteiger partial charge in [-0.15, -0.1) is 0 Å². The molecule has 1 heterocycles. The van der Waals surface area contributed by atoms with Gasteiger partial charge in [-0.1, -0.05) is 0 Å². The lowest BCUT2D eigenvalue weighted by atomic mass is 10.1. The second-order valence-electron chi connectivity index (χ2n) is 4.40.